The molecule has 0 fully saturated rings. The number of methoxy groups -OCH3 is 2. The van der Waals surface area contributed by atoms with E-state index in [0.29, 0.717) is 22.6 Å². The Morgan fingerprint density at radius 1 is 0.788 bits per heavy atom. The average molecular weight is 443 g/mol. The zero-order valence-corrected chi connectivity index (χ0v) is 19.1. The summed E-state index contributed by atoms with van der Waals surface area (Å²) < 4.78 is 10.7. The topological polar surface area (TPSA) is 67.9 Å². The molecule has 0 bridgehead atoms. The molecule has 0 aliphatic carbocycles. The molecule has 33 heavy (non-hydrogen) atoms. The molecule has 0 saturated heterocycles. The van der Waals surface area contributed by atoms with Gasteiger partial charge in [-0.1, -0.05) is 42.5 Å². The fourth-order valence-electron chi connectivity index (χ4n) is 3.83. The lowest BCUT2D eigenvalue weighted by Gasteiger charge is -2.17. The van der Waals surface area contributed by atoms with E-state index in [9.17, 15) is 9.59 Å². The molecule has 3 aromatic rings. The second-order valence-corrected chi connectivity index (χ2v) is 7.93. The Morgan fingerprint density at radius 3 is 2.18 bits per heavy atom. The van der Waals surface area contributed by atoms with Crippen LogP contribution in [0.25, 0.3) is 5.57 Å². The van der Waals surface area contributed by atoms with Crippen LogP contribution in [0.3, 0.4) is 0 Å². The summed E-state index contributed by atoms with van der Waals surface area (Å²) in [5.41, 5.74) is 5.10. The minimum atomic E-state index is -0.369. The number of amides is 2. The fraction of sp³-hybridized carbons (Fsp3) is 0.185. The first kappa shape index (κ1) is 22.1. The van der Waals surface area contributed by atoms with Crippen LogP contribution in [0.15, 0.2) is 72.4 Å². The number of anilines is 1. The van der Waals surface area contributed by atoms with Gasteiger partial charge in [-0.2, -0.15) is 0 Å². The van der Waals surface area contributed by atoms with Gasteiger partial charge in [-0.3, -0.25) is 14.5 Å². The van der Waals surface area contributed by atoms with Crippen molar-refractivity contribution in [2.24, 2.45) is 0 Å². The summed E-state index contributed by atoms with van der Waals surface area (Å²) in [5.74, 6) is 0.415. The summed E-state index contributed by atoms with van der Waals surface area (Å²) in [6, 6.07) is 20.5. The van der Waals surface area contributed by atoms with E-state index in [1.54, 1.807) is 26.4 Å². The van der Waals surface area contributed by atoms with Crippen LogP contribution in [0.5, 0.6) is 11.5 Å². The van der Waals surface area contributed by atoms with Crippen molar-refractivity contribution in [3.8, 4) is 11.5 Å². The standard InChI is InChI=1S/C27H26N2O4/c1-17-10-12-21(14-18(17)2)28-25-24(20-8-6-5-7-9-20)26(30)29(27(25)31)16-19-11-13-22(32-3)23(15-19)33-4/h5-15,28H,16H2,1-4H3. The van der Waals surface area contributed by atoms with Gasteiger partial charge in [-0.05, 0) is 60.4 Å². The first-order valence-corrected chi connectivity index (χ1v) is 10.6. The van der Waals surface area contributed by atoms with Crippen molar-refractivity contribution >= 4 is 23.1 Å². The molecule has 0 saturated carbocycles. The number of imide groups is 1. The molecule has 1 aliphatic rings. The summed E-state index contributed by atoms with van der Waals surface area (Å²) >= 11 is 0. The van der Waals surface area contributed by atoms with Gasteiger partial charge in [0.15, 0.2) is 11.5 Å². The normalized spacial score (nSPS) is 13.5. The Hall–Kier alpha value is -4.06. The van der Waals surface area contributed by atoms with Crippen LogP contribution in [0.2, 0.25) is 0 Å². The smallest absolute Gasteiger partial charge is 0.278 e. The van der Waals surface area contributed by atoms with E-state index in [1.165, 1.54) is 4.90 Å². The van der Waals surface area contributed by atoms with Crippen LogP contribution in [0.4, 0.5) is 5.69 Å². The highest BCUT2D eigenvalue weighted by atomic mass is 16.5. The Balaban J connectivity index is 1.71. The minimum absolute atomic E-state index is 0.118. The minimum Gasteiger partial charge on any atom is -0.493 e. The SMILES string of the molecule is COc1ccc(CN2C(=O)C(Nc3ccc(C)c(C)c3)=C(c3ccccc3)C2=O)cc1OC. The van der Waals surface area contributed by atoms with Crippen LogP contribution in [0, 0.1) is 13.8 Å². The van der Waals surface area contributed by atoms with E-state index in [0.717, 1.165) is 22.4 Å². The summed E-state index contributed by atoms with van der Waals surface area (Å²) in [6.45, 7) is 4.16. The summed E-state index contributed by atoms with van der Waals surface area (Å²) in [5, 5.41) is 3.22. The van der Waals surface area contributed by atoms with Gasteiger partial charge in [0, 0.05) is 5.69 Å². The largest absolute Gasteiger partial charge is 0.493 e. The van der Waals surface area contributed by atoms with Crippen LogP contribution in [-0.4, -0.2) is 30.9 Å². The third kappa shape index (κ3) is 4.32. The van der Waals surface area contributed by atoms with Crippen molar-refractivity contribution in [2.45, 2.75) is 20.4 Å². The Morgan fingerprint density at radius 2 is 1.52 bits per heavy atom. The maximum absolute atomic E-state index is 13.5. The van der Waals surface area contributed by atoms with Gasteiger partial charge in [0.05, 0.1) is 26.3 Å². The van der Waals surface area contributed by atoms with Gasteiger partial charge in [0.2, 0.25) is 0 Å². The molecule has 4 rings (SSSR count). The molecule has 0 unspecified atom stereocenters. The number of nitrogens with zero attached hydrogens (tertiary/aromatic N) is 1. The number of ether oxygens (including phenoxy) is 2. The summed E-state index contributed by atoms with van der Waals surface area (Å²) in [4.78, 5) is 28.2. The maximum Gasteiger partial charge on any atom is 0.278 e. The van der Waals surface area contributed by atoms with Crippen molar-refractivity contribution in [3.63, 3.8) is 0 Å². The Bertz CT molecular complexity index is 1250. The first-order chi connectivity index (χ1) is 15.9. The molecule has 2 amide bonds. The molecule has 168 valence electrons. The fourth-order valence-corrected chi connectivity index (χ4v) is 3.83. The second-order valence-electron chi connectivity index (χ2n) is 7.93. The van der Waals surface area contributed by atoms with Gasteiger partial charge in [-0.15, -0.1) is 0 Å². The molecular weight excluding hydrogens is 416 g/mol. The highest BCUT2D eigenvalue weighted by Crippen LogP contribution is 2.33. The number of benzene rings is 3. The van der Waals surface area contributed by atoms with Gasteiger partial charge in [-0.25, -0.2) is 0 Å². The van der Waals surface area contributed by atoms with Gasteiger partial charge in [0.25, 0.3) is 11.8 Å². The van der Waals surface area contributed by atoms with Crippen LogP contribution in [-0.2, 0) is 16.1 Å². The third-order valence-electron chi connectivity index (χ3n) is 5.80. The van der Waals surface area contributed by atoms with E-state index >= 15 is 0 Å². The number of aryl methyl sites for hydroxylation is 2. The lowest BCUT2D eigenvalue weighted by atomic mass is 10.0. The van der Waals surface area contributed by atoms with Gasteiger partial charge in [0.1, 0.15) is 5.70 Å². The zero-order valence-electron chi connectivity index (χ0n) is 19.1. The molecule has 1 N–H and O–H groups in total. The molecular formula is C27H26N2O4. The zero-order chi connectivity index (χ0) is 23.5. The molecule has 0 atom stereocenters. The van der Waals surface area contributed by atoms with Gasteiger partial charge >= 0.3 is 0 Å². The Kier molecular flexibility index (Phi) is 6.18. The molecule has 6 nitrogen and oxygen atoms in total. The molecule has 3 aromatic carbocycles. The van der Waals surface area contributed by atoms with Crippen molar-refractivity contribution in [1.29, 1.82) is 0 Å². The number of nitrogens with one attached hydrogen (secondary N) is 1. The molecule has 0 aromatic heterocycles. The second kappa shape index (κ2) is 9.20. The van der Waals surface area contributed by atoms with E-state index in [-0.39, 0.29) is 24.1 Å². The number of carbonyl (C=O) groups is 2. The predicted molar refractivity (Wildman–Crippen MR) is 128 cm³/mol. The molecule has 1 aliphatic heterocycles. The maximum atomic E-state index is 13.5. The van der Waals surface area contributed by atoms with E-state index in [1.807, 2.05) is 68.4 Å². The molecule has 0 spiro atoms. The average Bonchev–Trinajstić information content (AvgIpc) is 3.06. The molecule has 6 heteroatoms. The summed E-state index contributed by atoms with van der Waals surface area (Å²) in [7, 11) is 3.11. The highest BCUT2D eigenvalue weighted by molar-refractivity contribution is 6.36. The quantitative estimate of drug-likeness (QED) is 0.537. The number of hydrogen-bond acceptors (Lipinski definition) is 5. The van der Waals surface area contributed by atoms with Crippen LogP contribution in [0.1, 0.15) is 22.3 Å². The molecule has 0 radical (unpaired) electrons. The Labute approximate surface area is 193 Å². The van der Waals surface area contributed by atoms with E-state index in [4.69, 9.17) is 9.47 Å². The number of rotatable bonds is 7. The van der Waals surface area contributed by atoms with Crippen LogP contribution < -0.4 is 14.8 Å². The van der Waals surface area contributed by atoms with E-state index < -0.39 is 0 Å². The molecule has 1 heterocycles. The lowest BCUT2D eigenvalue weighted by Crippen LogP contribution is -2.32. The van der Waals surface area contributed by atoms with Crippen LogP contribution >= 0.6 is 0 Å². The highest BCUT2D eigenvalue weighted by Gasteiger charge is 2.39. The first-order valence-electron chi connectivity index (χ1n) is 10.6. The van der Waals surface area contributed by atoms with E-state index in [2.05, 4.69) is 5.32 Å². The predicted octanol–water partition coefficient (Wildman–Crippen LogP) is 4.71. The lowest BCUT2D eigenvalue weighted by molar-refractivity contribution is -0.137. The summed E-state index contributed by atoms with van der Waals surface area (Å²) in [6.07, 6.45) is 0. The van der Waals surface area contributed by atoms with Crippen molar-refractivity contribution in [2.75, 3.05) is 19.5 Å². The van der Waals surface area contributed by atoms with Crippen molar-refractivity contribution < 1.29 is 19.1 Å². The third-order valence-corrected chi connectivity index (χ3v) is 5.80. The number of hydrogen-bond donors (Lipinski definition) is 1. The monoisotopic (exact) mass is 442 g/mol. The van der Waals surface area contributed by atoms with Gasteiger partial charge < -0.3 is 14.8 Å². The number of carbonyl (C=O) groups excluding carboxylic acids is 2. The van der Waals surface area contributed by atoms with Crippen molar-refractivity contribution in [1.82, 2.24) is 4.90 Å². The van der Waals surface area contributed by atoms with Crippen molar-refractivity contribution in [3.05, 3.63) is 94.7 Å².